The van der Waals surface area contributed by atoms with E-state index in [9.17, 15) is 4.79 Å². The van der Waals surface area contributed by atoms with Gasteiger partial charge in [0.25, 0.3) is 0 Å². The summed E-state index contributed by atoms with van der Waals surface area (Å²) in [5, 5.41) is 10.4. The Balaban J connectivity index is 1.57. The SMILES string of the molecule is CCOC(=O)c1n[nH]nc1-c1ccc(OCCCn2ccnc2)cc1. The van der Waals surface area contributed by atoms with E-state index in [1.54, 1.807) is 19.4 Å². The normalized spacial score (nSPS) is 10.6. The molecule has 0 saturated carbocycles. The minimum absolute atomic E-state index is 0.177. The number of H-pyrrole nitrogens is 1. The van der Waals surface area contributed by atoms with Crippen LogP contribution in [0.2, 0.25) is 0 Å². The third-order valence-electron chi connectivity index (χ3n) is 3.53. The fraction of sp³-hybridized carbons (Fsp3) is 0.294. The number of benzene rings is 1. The van der Waals surface area contributed by atoms with E-state index in [1.807, 2.05) is 35.0 Å². The van der Waals surface area contributed by atoms with Gasteiger partial charge in [0.2, 0.25) is 0 Å². The second-order valence-corrected chi connectivity index (χ2v) is 5.27. The summed E-state index contributed by atoms with van der Waals surface area (Å²) in [6, 6.07) is 7.36. The highest BCUT2D eigenvalue weighted by atomic mass is 16.5. The first-order chi connectivity index (χ1) is 12.3. The molecule has 0 aliphatic carbocycles. The van der Waals surface area contributed by atoms with Gasteiger partial charge < -0.3 is 14.0 Å². The minimum Gasteiger partial charge on any atom is -0.494 e. The van der Waals surface area contributed by atoms with E-state index in [4.69, 9.17) is 9.47 Å². The van der Waals surface area contributed by atoms with Gasteiger partial charge in [-0.15, -0.1) is 5.10 Å². The number of nitrogens with zero attached hydrogens (tertiary/aromatic N) is 4. The summed E-state index contributed by atoms with van der Waals surface area (Å²) in [5.74, 6) is 0.265. The average Bonchev–Trinajstić information content (AvgIpc) is 3.31. The van der Waals surface area contributed by atoms with Crippen LogP contribution in [0.15, 0.2) is 43.0 Å². The fourth-order valence-corrected chi connectivity index (χ4v) is 2.34. The second kappa shape index (κ2) is 8.09. The van der Waals surface area contributed by atoms with Gasteiger partial charge in [-0.2, -0.15) is 10.3 Å². The van der Waals surface area contributed by atoms with E-state index in [2.05, 4.69) is 20.4 Å². The molecule has 2 heterocycles. The Kier molecular flexibility index (Phi) is 5.40. The summed E-state index contributed by atoms with van der Waals surface area (Å²) >= 11 is 0. The molecule has 0 amide bonds. The zero-order chi connectivity index (χ0) is 17.5. The summed E-state index contributed by atoms with van der Waals surface area (Å²) in [5.41, 5.74) is 1.41. The van der Waals surface area contributed by atoms with Crippen LogP contribution in [-0.2, 0) is 11.3 Å². The van der Waals surface area contributed by atoms with E-state index in [-0.39, 0.29) is 12.3 Å². The largest absolute Gasteiger partial charge is 0.494 e. The highest BCUT2D eigenvalue weighted by molar-refractivity contribution is 5.93. The van der Waals surface area contributed by atoms with E-state index in [0.717, 1.165) is 24.3 Å². The van der Waals surface area contributed by atoms with Gasteiger partial charge in [0.05, 0.1) is 19.5 Å². The van der Waals surface area contributed by atoms with Gasteiger partial charge in [-0.25, -0.2) is 9.78 Å². The van der Waals surface area contributed by atoms with Crippen molar-refractivity contribution in [1.82, 2.24) is 25.0 Å². The lowest BCUT2D eigenvalue weighted by Crippen LogP contribution is -2.06. The Bertz CT molecular complexity index is 796. The third-order valence-corrected chi connectivity index (χ3v) is 3.53. The Morgan fingerprint density at radius 2 is 2.08 bits per heavy atom. The van der Waals surface area contributed by atoms with Gasteiger partial charge in [0.1, 0.15) is 11.4 Å². The standard InChI is InChI=1S/C17H19N5O3/c1-2-24-17(23)16-15(19-21-20-16)13-4-6-14(7-5-13)25-11-3-9-22-10-8-18-12-22/h4-8,10,12H,2-3,9,11H2,1H3,(H,19,20,21). The summed E-state index contributed by atoms with van der Waals surface area (Å²) in [6.45, 7) is 3.50. The monoisotopic (exact) mass is 341 g/mol. The molecule has 3 aromatic rings. The van der Waals surface area contributed by atoms with Crippen LogP contribution in [0.25, 0.3) is 11.3 Å². The van der Waals surface area contributed by atoms with Crippen LogP contribution in [0.5, 0.6) is 5.75 Å². The number of ether oxygens (including phenoxy) is 2. The van der Waals surface area contributed by atoms with Crippen LogP contribution in [0.3, 0.4) is 0 Å². The van der Waals surface area contributed by atoms with Gasteiger partial charge in [-0.1, -0.05) is 0 Å². The number of aryl methyl sites for hydroxylation is 1. The van der Waals surface area contributed by atoms with Crippen LogP contribution < -0.4 is 4.74 Å². The molecule has 0 unspecified atom stereocenters. The lowest BCUT2D eigenvalue weighted by atomic mass is 10.1. The van der Waals surface area contributed by atoms with E-state index < -0.39 is 5.97 Å². The predicted molar refractivity (Wildman–Crippen MR) is 90.1 cm³/mol. The van der Waals surface area contributed by atoms with Crippen molar-refractivity contribution in [3.8, 4) is 17.0 Å². The van der Waals surface area contributed by atoms with Crippen LogP contribution >= 0.6 is 0 Å². The van der Waals surface area contributed by atoms with E-state index in [1.165, 1.54) is 0 Å². The van der Waals surface area contributed by atoms with E-state index in [0.29, 0.717) is 12.3 Å². The summed E-state index contributed by atoms with van der Waals surface area (Å²) in [7, 11) is 0. The summed E-state index contributed by atoms with van der Waals surface area (Å²) in [6.07, 6.45) is 6.35. The molecule has 1 aromatic carbocycles. The zero-order valence-electron chi connectivity index (χ0n) is 13.9. The number of hydrogen-bond acceptors (Lipinski definition) is 6. The number of rotatable bonds is 8. The molecule has 0 aliphatic rings. The summed E-state index contributed by atoms with van der Waals surface area (Å²) < 4.78 is 12.7. The van der Waals surface area contributed by atoms with Crippen LogP contribution in [0.1, 0.15) is 23.8 Å². The number of esters is 1. The molecule has 3 rings (SSSR count). The number of carbonyl (C=O) groups excluding carboxylic acids is 1. The molecule has 8 heteroatoms. The predicted octanol–water partition coefficient (Wildman–Crippen LogP) is 2.31. The first-order valence-corrected chi connectivity index (χ1v) is 8.04. The van der Waals surface area contributed by atoms with Gasteiger partial charge in [0.15, 0.2) is 5.69 Å². The number of nitrogens with one attached hydrogen (secondary N) is 1. The highest BCUT2D eigenvalue weighted by Crippen LogP contribution is 2.23. The molecule has 8 nitrogen and oxygen atoms in total. The number of imidazole rings is 1. The van der Waals surface area contributed by atoms with Crippen molar-refractivity contribution in [3.63, 3.8) is 0 Å². The Hall–Kier alpha value is -3.16. The molecular formula is C17H19N5O3. The molecule has 130 valence electrons. The highest BCUT2D eigenvalue weighted by Gasteiger charge is 2.18. The Labute approximate surface area is 144 Å². The molecule has 0 atom stereocenters. The number of aromatic amines is 1. The van der Waals surface area contributed by atoms with Gasteiger partial charge in [0, 0.05) is 24.5 Å². The maximum absolute atomic E-state index is 11.9. The molecule has 25 heavy (non-hydrogen) atoms. The van der Waals surface area contributed by atoms with Crippen molar-refractivity contribution in [3.05, 3.63) is 48.7 Å². The molecule has 0 spiro atoms. The molecular weight excluding hydrogens is 322 g/mol. The number of aromatic nitrogens is 5. The second-order valence-electron chi connectivity index (χ2n) is 5.27. The topological polar surface area (TPSA) is 94.9 Å². The Morgan fingerprint density at radius 3 is 2.80 bits per heavy atom. The molecule has 0 aliphatic heterocycles. The molecule has 0 fully saturated rings. The molecule has 0 radical (unpaired) electrons. The van der Waals surface area contributed by atoms with Crippen molar-refractivity contribution in [2.24, 2.45) is 0 Å². The third kappa shape index (κ3) is 4.23. The molecule has 0 saturated heterocycles. The molecule has 1 N–H and O–H groups in total. The van der Waals surface area contributed by atoms with Gasteiger partial charge in [-0.3, -0.25) is 0 Å². The van der Waals surface area contributed by atoms with Crippen molar-refractivity contribution >= 4 is 5.97 Å². The Morgan fingerprint density at radius 1 is 1.24 bits per heavy atom. The number of hydrogen-bond donors (Lipinski definition) is 1. The zero-order valence-corrected chi connectivity index (χ0v) is 13.9. The molecule has 0 bridgehead atoms. The minimum atomic E-state index is -0.494. The van der Waals surface area contributed by atoms with Gasteiger partial charge in [-0.05, 0) is 37.6 Å². The average molecular weight is 341 g/mol. The molecule has 2 aromatic heterocycles. The summed E-state index contributed by atoms with van der Waals surface area (Å²) in [4.78, 5) is 15.9. The van der Waals surface area contributed by atoms with Crippen LogP contribution in [0.4, 0.5) is 0 Å². The van der Waals surface area contributed by atoms with Gasteiger partial charge >= 0.3 is 5.97 Å². The van der Waals surface area contributed by atoms with Crippen molar-refractivity contribution in [2.45, 2.75) is 19.9 Å². The maximum atomic E-state index is 11.9. The van der Waals surface area contributed by atoms with Crippen LogP contribution in [-0.4, -0.2) is 44.1 Å². The lowest BCUT2D eigenvalue weighted by molar-refractivity contribution is 0.0520. The maximum Gasteiger partial charge on any atom is 0.361 e. The first-order valence-electron chi connectivity index (χ1n) is 8.04. The van der Waals surface area contributed by atoms with Crippen LogP contribution in [0, 0.1) is 0 Å². The van der Waals surface area contributed by atoms with Crippen molar-refractivity contribution in [2.75, 3.05) is 13.2 Å². The first kappa shape index (κ1) is 16.7. The van der Waals surface area contributed by atoms with E-state index >= 15 is 0 Å². The smallest absolute Gasteiger partial charge is 0.361 e. The lowest BCUT2D eigenvalue weighted by Gasteiger charge is -2.07. The fourth-order valence-electron chi connectivity index (χ4n) is 2.34. The van der Waals surface area contributed by atoms with Crippen molar-refractivity contribution in [1.29, 1.82) is 0 Å². The van der Waals surface area contributed by atoms with Crippen molar-refractivity contribution < 1.29 is 14.3 Å². The quantitative estimate of drug-likeness (QED) is 0.499. The number of carbonyl (C=O) groups is 1.